The maximum Gasteiger partial charge on any atom is 0.214 e. The Kier molecular flexibility index (Phi) is 3.52. The molecule has 4 nitrogen and oxygen atoms in total. The highest BCUT2D eigenvalue weighted by Crippen LogP contribution is 2.29. The van der Waals surface area contributed by atoms with Crippen LogP contribution in [0.15, 0.2) is 24.5 Å². The predicted molar refractivity (Wildman–Crippen MR) is 80.6 cm³/mol. The number of carbonyl (C=O) groups is 2. The maximum absolute atomic E-state index is 12.4. The van der Waals surface area contributed by atoms with Crippen LogP contribution in [0.1, 0.15) is 43.2 Å². The van der Waals surface area contributed by atoms with Crippen molar-refractivity contribution in [3.05, 3.63) is 58.2 Å². The summed E-state index contributed by atoms with van der Waals surface area (Å²) in [6, 6.07) is 3.52. The molecule has 1 aromatic heterocycles. The molecular formula is C14H8Br2N2O2. The van der Waals surface area contributed by atoms with Gasteiger partial charge in [-0.3, -0.25) is 9.59 Å². The van der Waals surface area contributed by atoms with Crippen molar-refractivity contribution in [3.8, 4) is 0 Å². The lowest BCUT2D eigenvalue weighted by Gasteiger charge is -2.17. The molecule has 0 saturated carbocycles. The predicted octanol–water partition coefficient (Wildman–Crippen LogP) is 3.04. The van der Waals surface area contributed by atoms with Crippen molar-refractivity contribution >= 4 is 43.4 Å². The largest absolute Gasteiger partial charge is 0.287 e. The van der Waals surface area contributed by atoms with Crippen molar-refractivity contribution < 1.29 is 9.59 Å². The third-order valence-corrected chi connectivity index (χ3v) is 4.45. The molecule has 0 amide bonds. The summed E-state index contributed by atoms with van der Waals surface area (Å²) in [6.45, 7) is 0. The van der Waals surface area contributed by atoms with Gasteiger partial charge in [-0.15, -0.1) is 0 Å². The summed E-state index contributed by atoms with van der Waals surface area (Å²) in [5.41, 5.74) is 3.04. The van der Waals surface area contributed by atoms with Crippen LogP contribution in [0.5, 0.6) is 0 Å². The lowest BCUT2D eigenvalue weighted by atomic mass is 9.87. The number of halogens is 2. The third kappa shape index (κ3) is 1.94. The molecule has 0 fully saturated rings. The van der Waals surface area contributed by atoms with Crippen LogP contribution in [0.4, 0.5) is 0 Å². The van der Waals surface area contributed by atoms with E-state index in [-0.39, 0.29) is 23.0 Å². The molecule has 1 aliphatic rings. The molecule has 1 aliphatic carbocycles. The Morgan fingerprint density at radius 1 is 0.800 bits per heavy atom. The second kappa shape index (κ2) is 5.18. The van der Waals surface area contributed by atoms with E-state index in [0.29, 0.717) is 21.8 Å². The number of rotatable bonds is 2. The van der Waals surface area contributed by atoms with Crippen LogP contribution in [-0.4, -0.2) is 21.5 Å². The highest BCUT2D eigenvalue weighted by molar-refractivity contribution is 9.09. The number of hydrogen-bond acceptors (Lipinski definition) is 4. The van der Waals surface area contributed by atoms with Crippen molar-refractivity contribution in [2.24, 2.45) is 0 Å². The Labute approximate surface area is 131 Å². The summed E-state index contributed by atoms with van der Waals surface area (Å²) < 4.78 is 0. The van der Waals surface area contributed by atoms with E-state index < -0.39 is 0 Å². The van der Waals surface area contributed by atoms with E-state index in [4.69, 9.17) is 0 Å². The maximum atomic E-state index is 12.4. The number of alkyl halides is 2. The van der Waals surface area contributed by atoms with Gasteiger partial charge in [0.1, 0.15) is 11.4 Å². The van der Waals surface area contributed by atoms with E-state index in [1.165, 1.54) is 12.4 Å². The van der Waals surface area contributed by atoms with Gasteiger partial charge in [0.25, 0.3) is 0 Å². The van der Waals surface area contributed by atoms with Crippen LogP contribution in [-0.2, 0) is 10.7 Å². The quantitative estimate of drug-likeness (QED) is 0.625. The molecule has 6 heteroatoms. The number of ketones is 2. The van der Waals surface area contributed by atoms with E-state index in [1.54, 1.807) is 12.1 Å². The third-order valence-electron chi connectivity index (χ3n) is 3.25. The lowest BCUT2D eigenvalue weighted by Crippen LogP contribution is -2.24. The van der Waals surface area contributed by atoms with Crippen LogP contribution in [0.2, 0.25) is 0 Å². The topological polar surface area (TPSA) is 59.9 Å². The molecule has 0 saturated heterocycles. The van der Waals surface area contributed by atoms with Crippen LogP contribution >= 0.6 is 31.9 Å². The molecule has 0 unspecified atom stereocenters. The second-order valence-electron chi connectivity index (χ2n) is 4.35. The van der Waals surface area contributed by atoms with Gasteiger partial charge in [0.2, 0.25) is 11.6 Å². The molecule has 100 valence electrons. The van der Waals surface area contributed by atoms with Crippen molar-refractivity contribution in [2.75, 3.05) is 0 Å². The molecule has 0 N–H and O–H groups in total. The smallest absolute Gasteiger partial charge is 0.214 e. The molecule has 20 heavy (non-hydrogen) atoms. The molecule has 0 bridgehead atoms. The zero-order valence-corrected chi connectivity index (χ0v) is 13.4. The fourth-order valence-corrected chi connectivity index (χ4v) is 3.28. The first-order valence-electron chi connectivity index (χ1n) is 5.85. The number of aromatic nitrogens is 2. The lowest BCUT2D eigenvalue weighted by molar-refractivity contribution is 0.0971. The Bertz CT molecular complexity index is 682. The van der Waals surface area contributed by atoms with Gasteiger partial charge >= 0.3 is 0 Å². The number of carbonyl (C=O) groups excluding carboxylic acids is 2. The molecule has 0 radical (unpaired) electrons. The number of hydrogen-bond donors (Lipinski definition) is 0. The van der Waals surface area contributed by atoms with Gasteiger partial charge < -0.3 is 0 Å². The average molecular weight is 396 g/mol. The summed E-state index contributed by atoms with van der Waals surface area (Å²) >= 11 is 6.80. The number of benzene rings is 1. The van der Waals surface area contributed by atoms with Crippen molar-refractivity contribution in [2.45, 2.75) is 10.7 Å². The van der Waals surface area contributed by atoms with Gasteiger partial charge in [-0.2, -0.15) is 0 Å². The molecular weight excluding hydrogens is 388 g/mol. The first-order chi connectivity index (χ1) is 9.67. The van der Waals surface area contributed by atoms with Gasteiger partial charge in [-0.1, -0.05) is 31.9 Å². The summed E-state index contributed by atoms with van der Waals surface area (Å²) in [7, 11) is 0. The van der Waals surface area contributed by atoms with Gasteiger partial charge in [-0.25, -0.2) is 9.97 Å². The second-order valence-corrected chi connectivity index (χ2v) is 5.47. The Hall–Kier alpha value is -1.40. The van der Waals surface area contributed by atoms with E-state index in [9.17, 15) is 9.59 Å². The monoisotopic (exact) mass is 394 g/mol. The van der Waals surface area contributed by atoms with Gasteiger partial charge in [0.05, 0.1) is 0 Å². The van der Waals surface area contributed by atoms with Crippen molar-refractivity contribution in [1.82, 2.24) is 9.97 Å². The Morgan fingerprint density at radius 2 is 1.20 bits per heavy atom. The first kappa shape index (κ1) is 13.6. The minimum Gasteiger partial charge on any atom is -0.287 e. The molecule has 0 atom stereocenters. The van der Waals surface area contributed by atoms with Crippen LogP contribution in [0.25, 0.3) is 0 Å². The molecule has 2 aromatic rings. The summed E-state index contributed by atoms with van der Waals surface area (Å²) in [5, 5.41) is 1.24. The molecule has 1 aromatic carbocycles. The molecule has 0 aliphatic heterocycles. The van der Waals surface area contributed by atoms with Gasteiger partial charge in [0, 0.05) is 34.2 Å². The highest BCUT2D eigenvalue weighted by Gasteiger charge is 2.32. The Balaban J connectivity index is 2.28. The Morgan fingerprint density at radius 3 is 1.55 bits per heavy atom. The zero-order chi connectivity index (χ0) is 14.3. The molecule has 0 spiro atoms. The molecule has 1 heterocycles. The number of fused-ring (bicyclic) bond motifs is 2. The standard InChI is InChI=1S/C14H8Br2N2O2/c15-5-7-3-9-10(4-8(7)6-16)14(20)12-11(13(9)19)17-1-2-18-12/h1-4H,5-6H2. The SMILES string of the molecule is O=C1c2cc(CBr)c(CBr)cc2C(=O)c2nccnc21. The summed E-state index contributed by atoms with van der Waals surface area (Å²) in [4.78, 5) is 32.9. The number of nitrogens with zero attached hydrogens (tertiary/aromatic N) is 2. The van der Waals surface area contributed by atoms with E-state index >= 15 is 0 Å². The fraction of sp³-hybridized carbons (Fsp3) is 0.143. The van der Waals surface area contributed by atoms with E-state index in [0.717, 1.165) is 11.1 Å². The minimum absolute atomic E-state index is 0.136. The summed E-state index contributed by atoms with van der Waals surface area (Å²) in [6.07, 6.45) is 2.85. The van der Waals surface area contributed by atoms with Crippen LogP contribution in [0.3, 0.4) is 0 Å². The van der Waals surface area contributed by atoms with Crippen molar-refractivity contribution in [3.63, 3.8) is 0 Å². The molecule has 3 rings (SSSR count). The zero-order valence-electron chi connectivity index (χ0n) is 10.2. The minimum atomic E-state index is -0.244. The van der Waals surface area contributed by atoms with Crippen LogP contribution < -0.4 is 0 Å². The van der Waals surface area contributed by atoms with Gasteiger partial charge in [0.15, 0.2) is 0 Å². The fourth-order valence-electron chi connectivity index (χ4n) is 2.24. The van der Waals surface area contributed by atoms with Crippen LogP contribution in [0, 0.1) is 0 Å². The highest BCUT2D eigenvalue weighted by atomic mass is 79.9. The van der Waals surface area contributed by atoms with Crippen molar-refractivity contribution in [1.29, 1.82) is 0 Å². The normalized spacial score (nSPS) is 13.1. The average Bonchev–Trinajstić information content (AvgIpc) is 2.51. The van der Waals surface area contributed by atoms with E-state index in [2.05, 4.69) is 41.8 Å². The van der Waals surface area contributed by atoms with E-state index in [1.807, 2.05) is 0 Å². The summed E-state index contributed by atoms with van der Waals surface area (Å²) in [5.74, 6) is -0.489. The van der Waals surface area contributed by atoms with Gasteiger partial charge in [-0.05, 0) is 23.3 Å². The first-order valence-corrected chi connectivity index (χ1v) is 8.09.